The van der Waals surface area contributed by atoms with Crippen LogP contribution in [0.1, 0.15) is 5.76 Å². The molecule has 0 saturated heterocycles. The third-order valence-electron chi connectivity index (χ3n) is 1.70. The fourth-order valence-electron chi connectivity index (χ4n) is 1.06. The number of H-pyrrole nitrogens is 1. The number of oxazole rings is 1. The van der Waals surface area contributed by atoms with Crippen molar-refractivity contribution in [3.63, 3.8) is 0 Å². The van der Waals surface area contributed by atoms with E-state index in [4.69, 9.17) is 9.15 Å². The predicted molar refractivity (Wildman–Crippen MR) is 50.1 cm³/mol. The molecule has 0 amide bonds. The molecule has 4 heteroatoms. The van der Waals surface area contributed by atoms with Crippen molar-refractivity contribution in [3.05, 3.63) is 52.8 Å². The number of rotatable bonds is 3. The summed E-state index contributed by atoms with van der Waals surface area (Å²) in [5.74, 6) is 0.770. The maximum absolute atomic E-state index is 10.6. The number of nitrogens with one attached hydrogen (secondary N) is 1. The number of hydrogen-bond donors (Lipinski definition) is 1. The minimum Gasteiger partial charge on any atom is -0.486 e. The Bertz CT molecular complexity index is 444. The Morgan fingerprint density at radius 1 is 1.29 bits per heavy atom. The highest BCUT2D eigenvalue weighted by Crippen LogP contribution is 2.10. The van der Waals surface area contributed by atoms with Gasteiger partial charge in [-0.2, -0.15) is 0 Å². The normalized spacial score (nSPS) is 10.0. The molecule has 1 heterocycles. The summed E-state index contributed by atoms with van der Waals surface area (Å²) in [5, 5.41) is 0. The number of benzene rings is 1. The molecule has 0 bridgehead atoms. The van der Waals surface area contributed by atoms with E-state index >= 15 is 0 Å². The summed E-state index contributed by atoms with van der Waals surface area (Å²) >= 11 is 0. The highest BCUT2D eigenvalue weighted by molar-refractivity contribution is 5.20. The van der Waals surface area contributed by atoms with Gasteiger partial charge < -0.3 is 9.15 Å². The van der Waals surface area contributed by atoms with Gasteiger partial charge in [0, 0.05) is 6.20 Å². The Labute approximate surface area is 80.1 Å². The minimum atomic E-state index is -0.461. The number of hydrogen-bond acceptors (Lipinski definition) is 3. The Morgan fingerprint density at radius 3 is 2.71 bits per heavy atom. The van der Waals surface area contributed by atoms with E-state index in [9.17, 15) is 4.79 Å². The molecule has 0 aliphatic rings. The van der Waals surface area contributed by atoms with Gasteiger partial charge in [-0.1, -0.05) is 18.2 Å². The van der Waals surface area contributed by atoms with Crippen LogP contribution in [0.5, 0.6) is 5.75 Å². The van der Waals surface area contributed by atoms with Crippen LogP contribution in [-0.2, 0) is 6.61 Å². The fraction of sp³-hybridized carbons (Fsp3) is 0.100. The fourth-order valence-corrected chi connectivity index (χ4v) is 1.06. The molecular weight excluding hydrogens is 182 g/mol. The summed E-state index contributed by atoms with van der Waals surface area (Å²) in [6, 6.07) is 9.34. The predicted octanol–water partition coefficient (Wildman–Crippen LogP) is 1.55. The zero-order valence-corrected chi connectivity index (χ0v) is 7.40. The summed E-state index contributed by atoms with van der Waals surface area (Å²) in [5.41, 5.74) is 0. The quantitative estimate of drug-likeness (QED) is 0.800. The van der Waals surface area contributed by atoms with Crippen LogP contribution in [0.15, 0.2) is 45.7 Å². The molecule has 0 aliphatic heterocycles. The summed E-state index contributed by atoms with van der Waals surface area (Å²) in [6.45, 7) is 0.253. The average molecular weight is 191 g/mol. The second-order valence-corrected chi connectivity index (χ2v) is 2.75. The molecule has 0 spiro atoms. The number of para-hydroxylation sites is 1. The van der Waals surface area contributed by atoms with Crippen molar-refractivity contribution in [2.45, 2.75) is 6.61 Å². The SMILES string of the molecule is O=c1[nH]cc(COc2ccccc2)o1. The molecule has 14 heavy (non-hydrogen) atoms. The summed E-state index contributed by atoms with van der Waals surface area (Å²) in [6.07, 6.45) is 1.49. The molecule has 0 aliphatic carbocycles. The second-order valence-electron chi connectivity index (χ2n) is 2.75. The van der Waals surface area contributed by atoms with Crippen LogP contribution in [0.4, 0.5) is 0 Å². The van der Waals surface area contributed by atoms with Gasteiger partial charge in [-0.15, -0.1) is 0 Å². The highest BCUT2D eigenvalue weighted by atomic mass is 16.5. The standard InChI is InChI=1S/C10H9NO3/c12-10-11-6-9(14-10)7-13-8-4-2-1-3-5-8/h1-6H,7H2,(H,11,12). The van der Waals surface area contributed by atoms with Crippen LogP contribution in [-0.4, -0.2) is 4.98 Å². The molecular formula is C10H9NO3. The lowest BCUT2D eigenvalue weighted by molar-refractivity contribution is 0.266. The van der Waals surface area contributed by atoms with E-state index in [1.54, 1.807) is 0 Å². The van der Waals surface area contributed by atoms with Crippen LogP contribution < -0.4 is 10.5 Å². The van der Waals surface area contributed by atoms with E-state index in [0.29, 0.717) is 5.76 Å². The van der Waals surface area contributed by atoms with Crippen LogP contribution in [0.2, 0.25) is 0 Å². The molecule has 0 radical (unpaired) electrons. The zero-order valence-electron chi connectivity index (χ0n) is 7.40. The zero-order chi connectivity index (χ0) is 9.80. The maximum Gasteiger partial charge on any atom is 0.416 e. The highest BCUT2D eigenvalue weighted by Gasteiger charge is 1.99. The van der Waals surface area contributed by atoms with Gasteiger partial charge in [-0.05, 0) is 12.1 Å². The number of aromatic amines is 1. The van der Waals surface area contributed by atoms with Crippen LogP contribution in [0.25, 0.3) is 0 Å². The minimum absolute atomic E-state index is 0.253. The first-order chi connectivity index (χ1) is 6.84. The van der Waals surface area contributed by atoms with Crippen LogP contribution in [0.3, 0.4) is 0 Å². The van der Waals surface area contributed by atoms with Crippen LogP contribution in [0, 0.1) is 0 Å². The van der Waals surface area contributed by atoms with Gasteiger partial charge in [0.15, 0.2) is 5.76 Å². The lowest BCUT2D eigenvalue weighted by atomic mass is 10.3. The molecule has 2 rings (SSSR count). The summed E-state index contributed by atoms with van der Waals surface area (Å²) < 4.78 is 10.1. The third-order valence-corrected chi connectivity index (χ3v) is 1.70. The Balaban J connectivity index is 1.98. The number of ether oxygens (including phenoxy) is 1. The van der Waals surface area contributed by atoms with Crippen molar-refractivity contribution in [2.75, 3.05) is 0 Å². The van der Waals surface area contributed by atoms with Gasteiger partial charge in [-0.25, -0.2) is 4.79 Å². The van der Waals surface area contributed by atoms with Crippen molar-refractivity contribution >= 4 is 0 Å². The first-order valence-corrected chi connectivity index (χ1v) is 4.20. The first-order valence-electron chi connectivity index (χ1n) is 4.20. The molecule has 1 aromatic heterocycles. The molecule has 4 nitrogen and oxygen atoms in total. The van der Waals surface area contributed by atoms with Gasteiger partial charge in [0.25, 0.3) is 0 Å². The molecule has 1 aromatic carbocycles. The van der Waals surface area contributed by atoms with Crippen molar-refractivity contribution in [2.24, 2.45) is 0 Å². The Morgan fingerprint density at radius 2 is 2.07 bits per heavy atom. The van der Waals surface area contributed by atoms with E-state index in [0.717, 1.165) is 5.75 Å². The van der Waals surface area contributed by atoms with Gasteiger partial charge in [0.05, 0.1) is 0 Å². The van der Waals surface area contributed by atoms with Gasteiger partial charge in [0.1, 0.15) is 12.4 Å². The molecule has 2 aromatic rings. The van der Waals surface area contributed by atoms with Gasteiger partial charge >= 0.3 is 5.76 Å². The molecule has 0 unspecified atom stereocenters. The van der Waals surface area contributed by atoms with E-state index in [2.05, 4.69) is 4.98 Å². The smallest absolute Gasteiger partial charge is 0.416 e. The summed E-state index contributed by atoms with van der Waals surface area (Å²) in [7, 11) is 0. The van der Waals surface area contributed by atoms with Gasteiger partial charge in [-0.3, -0.25) is 4.98 Å². The Hall–Kier alpha value is -1.97. The van der Waals surface area contributed by atoms with Crippen LogP contribution >= 0.6 is 0 Å². The van der Waals surface area contributed by atoms with Gasteiger partial charge in [0.2, 0.25) is 0 Å². The van der Waals surface area contributed by atoms with E-state index in [1.165, 1.54) is 6.20 Å². The van der Waals surface area contributed by atoms with Crippen molar-refractivity contribution < 1.29 is 9.15 Å². The third kappa shape index (κ3) is 2.04. The Kier molecular flexibility index (Phi) is 2.36. The maximum atomic E-state index is 10.6. The lowest BCUT2D eigenvalue weighted by Crippen LogP contribution is -1.95. The van der Waals surface area contributed by atoms with Crippen molar-refractivity contribution in [1.82, 2.24) is 4.98 Å². The molecule has 0 atom stereocenters. The average Bonchev–Trinajstić information content (AvgIpc) is 2.63. The topological polar surface area (TPSA) is 55.2 Å². The largest absolute Gasteiger partial charge is 0.486 e. The van der Waals surface area contributed by atoms with Crippen molar-refractivity contribution in [3.8, 4) is 5.75 Å². The molecule has 0 saturated carbocycles. The monoisotopic (exact) mass is 191 g/mol. The van der Waals surface area contributed by atoms with E-state index in [1.807, 2.05) is 30.3 Å². The number of aromatic nitrogens is 1. The van der Waals surface area contributed by atoms with Crippen molar-refractivity contribution in [1.29, 1.82) is 0 Å². The molecule has 1 N–H and O–H groups in total. The first kappa shape index (κ1) is 8.62. The summed E-state index contributed by atoms with van der Waals surface area (Å²) in [4.78, 5) is 13.0. The molecule has 72 valence electrons. The van der Waals surface area contributed by atoms with E-state index < -0.39 is 5.76 Å². The molecule has 0 fully saturated rings. The lowest BCUT2D eigenvalue weighted by Gasteiger charge is -2.01. The van der Waals surface area contributed by atoms with E-state index in [-0.39, 0.29) is 6.61 Å². The second kappa shape index (κ2) is 3.83.